The fourth-order valence-electron chi connectivity index (χ4n) is 1.85. The largest absolute Gasteiger partial charge is 0.464 e. The third kappa shape index (κ3) is 7.08. The van der Waals surface area contributed by atoms with Crippen LogP contribution in [0.5, 0.6) is 0 Å². The highest BCUT2D eigenvalue weighted by Gasteiger charge is 2.07. The van der Waals surface area contributed by atoms with Gasteiger partial charge in [-0.1, -0.05) is 13.8 Å². The molecule has 4 heteroatoms. The van der Waals surface area contributed by atoms with E-state index in [9.17, 15) is 0 Å². The average Bonchev–Trinajstić information content (AvgIpc) is 2.69. The fraction of sp³-hybridized carbons (Fsp3) is 0.750. The number of furan rings is 1. The Labute approximate surface area is 122 Å². The summed E-state index contributed by atoms with van der Waals surface area (Å²) < 4.78 is 16.7. The van der Waals surface area contributed by atoms with Crippen LogP contribution in [0.25, 0.3) is 0 Å². The number of ether oxygens (including phenoxy) is 2. The van der Waals surface area contributed by atoms with E-state index in [1.807, 2.05) is 20.8 Å². The summed E-state index contributed by atoms with van der Waals surface area (Å²) in [6.45, 7) is 14.0. The van der Waals surface area contributed by atoms with E-state index in [-0.39, 0.29) is 6.10 Å². The maximum atomic E-state index is 5.69. The summed E-state index contributed by atoms with van der Waals surface area (Å²) in [4.78, 5) is 0. The number of rotatable bonds is 10. The van der Waals surface area contributed by atoms with Crippen LogP contribution in [0.15, 0.2) is 10.5 Å². The molecule has 1 aromatic heterocycles. The first-order valence-corrected chi connectivity index (χ1v) is 7.47. The van der Waals surface area contributed by atoms with Crippen molar-refractivity contribution in [1.29, 1.82) is 0 Å². The lowest BCUT2D eigenvalue weighted by Crippen LogP contribution is -2.18. The molecule has 1 N–H and O–H groups in total. The zero-order valence-corrected chi connectivity index (χ0v) is 13.5. The second-order valence-corrected chi connectivity index (χ2v) is 5.79. The Hall–Kier alpha value is -0.840. The molecule has 0 spiro atoms. The van der Waals surface area contributed by atoms with E-state index in [4.69, 9.17) is 13.9 Å². The molecule has 0 radical (unpaired) electrons. The van der Waals surface area contributed by atoms with Gasteiger partial charge in [-0.15, -0.1) is 0 Å². The van der Waals surface area contributed by atoms with Crippen LogP contribution in [-0.4, -0.2) is 25.9 Å². The van der Waals surface area contributed by atoms with Gasteiger partial charge < -0.3 is 19.2 Å². The maximum absolute atomic E-state index is 5.69. The Morgan fingerprint density at radius 2 is 1.95 bits per heavy atom. The summed E-state index contributed by atoms with van der Waals surface area (Å²) in [6, 6.07) is 2.08. The van der Waals surface area contributed by atoms with Gasteiger partial charge in [0, 0.05) is 12.1 Å². The van der Waals surface area contributed by atoms with Crippen molar-refractivity contribution in [2.24, 2.45) is 5.92 Å². The van der Waals surface area contributed by atoms with E-state index < -0.39 is 0 Å². The summed E-state index contributed by atoms with van der Waals surface area (Å²) in [5.41, 5.74) is 1.21. The van der Waals surface area contributed by atoms with Gasteiger partial charge in [-0.25, -0.2) is 0 Å². The summed E-state index contributed by atoms with van der Waals surface area (Å²) in [5.74, 6) is 2.51. The standard InChI is InChI=1S/C16H29NO3/c1-12(2)9-17-10-15-8-16(20-14(15)5)11-18-6-7-19-13(3)4/h8,12-13,17H,6-7,9-11H2,1-5H3. The van der Waals surface area contributed by atoms with Gasteiger partial charge in [0.05, 0.1) is 19.3 Å². The lowest BCUT2D eigenvalue weighted by molar-refractivity contribution is 0.0102. The van der Waals surface area contributed by atoms with Crippen molar-refractivity contribution >= 4 is 0 Å². The molecule has 20 heavy (non-hydrogen) atoms. The lowest BCUT2D eigenvalue weighted by Gasteiger charge is -2.07. The molecule has 0 aromatic carbocycles. The van der Waals surface area contributed by atoms with Gasteiger partial charge in [-0.3, -0.25) is 0 Å². The molecule has 0 aliphatic carbocycles. The molecule has 116 valence electrons. The summed E-state index contributed by atoms with van der Waals surface area (Å²) >= 11 is 0. The highest BCUT2D eigenvalue weighted by Crippen LogP contribution is 2.15. The first-order chi connectivity index (χ1) is 9.49. The lowest BCUT2D eigenvalue weighted by atomic mass is 10.2. The average molecular weight is 283 g/mol. The third-order valence-electron chi connectivity index (χ3n) is 2.86. The normalized spacial score (nSPS) is 11.8. The van der Waals surface area contributed by atoms with Crippen LogP contribution in [0.3, 0.4) is 0 Å². The molecular formula is C16H29NO3. The Kier molecular flexibility index (Phi) is 7.88. The van der Waals surface area contributed by atoms with Gasteiger partial charge in [0.2, 0.25) is 0 Å². The maximum Gasteiger partial charge on any atom is 0.130 e. The minimum atomic E-state index is 0.253. The molecule has 1 rings (SSSR count). The molecule has 0 unspecified atom stereocenters. The Morgan fingerprint density at radius 3 is 2.60 bits per heavy atom. The Balaban J connectivity index is 2.26. The van der Waals surface area contributed by atoms with E-state index in [1.54, 1.807) is 0 Å². The molecule has 0 amide bonds. The van der Waals surface area contributed by atoms with Gasteiger partial charge >= 0.3 is 0 Å². The molecule has 0 saturated carbocycles. The molecule has 0 atom stereocenters. The predicted molar refractivity (Wildman–Crippen MR) is 80.7 cm³/mol. The zero-order valence-electron chi connectivity index (χ0n) is 13.5. The van der Waals surface area contributed by atoms with Crippen LogP contribution in [0.1, 0.15) is 44.8 Å². The molecule has 1 heterocycles. The quantitative estimate of drug-likeness (QED) is 0.669. The third-order valence-corrected chi connectivity index (χ3v) is 2.86. The monoisotopic (exact) mass is 283 g/mol. The summed E-state index contributed by atoms with van der Waals surface area (Å²) in [7, 11) is 0. The summed E-state index contributed by atoms with van der Waals surface area (Å²) in [5, 5.41) is 3.42. The minimum absolute atomic E-state index is 0.253. The first-order valence-electron chi connectivity index (χ1n) is 7.47. The zero-order chi connectivity index (χ0) is 15.0. The molecule has 0 fully saturated rings. The van der Waals surface area contributed by atoms with Gasteiger partial charge in [0.1, 0.15) is 18.1 Å². The van der Waals surface area contributed by atoms with Gasteiger partial charge in [0.15, 0.2) is 0 Å². The molecule has 0 bridgehead atoms. The summed E-state index contributed by atoms with van der Waals surface area (Å²) in [6.07, 6.45) is 0.253. The highest BCUT2D eigenvalue weighted by atomic mass is 16.5. The van der Waals surface area contributed by atoms with E-state index in [1.165, 1.54) is 5.56 Å². The SMILES string of the molecule is Cc1oc(COCCOC(C)C)cc1CNCC(C)C. The van der Waals surface area contributed by atoms with Crippen molar-refractivity contribution in [2.75, 3.05) is 19.8 Å². The Morgan fingerprint density at radius 1 is 1.20 bits per heavy atom. The van der Waals surface area contributed by atoms with Gasteiger partial charge in [0.25, 0.3) is 0 Å². The first kappa shape index (κ1) is 17.2. The fourth-order valence-corrected chi connectivity index (χ4v) is 1.85. The topological polar surface area (TPSA) is 43.6 Å². The van der Waals surface area contributed by atoms with Crippen molar-refractivity contribution in [3.8, 4) is 0 Å². The molecule has 4 nitrogen and oxygen atoms in total. The number of aryl methyl sites for hydroxylation is 1. The molecule has 1 aromatic rings. The van der Waals surface area contributed by atoms with Gasteiger partial charge in [-0.05, 0) is 39.3 Å². The van der Waals surface area contributed by atoms with Crippen molar-refractivity contribution in [1.82, 2.24) is 5.32 Å². The van der Waals surface area contributed by atoms with E-state index in [0.717, 1.165) is 24.6 Å². The smallest absolute Gasteiger partial charge is 0.130 e. The van der Waals surface area contributed by atoms with Crippen LogP contribution in [0.4, 0.5) is 0 Å². The van der Waals surface area contributed by atoms with Crippen LogP contribution < -0.4 is 5.32 Å². The molecular weight excluding hydrogens is 254 g/mol. The van der Waals surface area contributed by atoms with Crippen LogP contribution in [0, 0.1) is 12.8 Å². The van der Waals surface area contributed by atoms with E-state index in [2.05, 4.69) is 25.2 Å². The van der Waals surface area contributed by atoms with Gasteiger partial charge in [-0.2, -0.15) is 0 Å². The molecule has 0 aliphatic heterocycles. The van der Waals surface area contributed by atoms with Crippen molar-refractivity contribution in [3.05, 3.63) is 23.2 Å². The van der Waals surface area contributed by atoms with Crippen LogP contribution in [0.2, 0.25) is 0 Å². The van der Waals surface area contributed by atoms with Crippen molar-refractivity contribution in [2.45, 2.75) is 53.9 Å². The minimum Gasteiger partial charge on any atom is -0.464 e. The molecule has 0 aliphatic rings. The van der Waals surface area contributed by atoms with E-state index in [0.29, 0.717) is 25.7 Å². The number of nitrogens with one attached hydrogen (secondary N) is 1. The van der Waals surface area contributed by atoms with Crippen LogP contribution in [-0.2, 0) is 22.6 Å². The second kappa shape index (κ2) is 9.16. The number of hydrogen-bond donors (Lipinski definition) is 1. The van der Waals surface area contributed by atoms with Crippen molar-refractivity contribution in [3.63, 3.8) is 0 Å². The highest BCUT2D eigenvalue weighted by molar-refractivity contribution is 5.20. The number of hydrogen-bond acceptors (Lipinski definition) is 4. The van der Waals surface area contributed by atoms with Crippen LogP contribution >= 0.6 is 0 Å². The Bertz CT molecular complexity index is 372. The molecule has 0 saturated heterocycles. The predicted octanol–water partition coefficient (Wildman–Crippen LogP) is 3.28. The second-order valence-electron chi connectivity index (χ2n) is 5.79. The van der Waals surface area contributed by atoms with E-state index >= 15 is 0 Å². The van der Waals surface area contributed by atoms with Crippen molar-refractivity contribution < 1.29 is 13.9 Å².